The topological polar surface area (TPSA) is 89.9 Å². The largest absolute Gasteiger partial charge is 0.494 e. The number of benzene rings is 2. The zero-order chi connectivity index (χ0) is 30.5. The highest BCUT2D eigenvalue weighted by atomic mass is 32.1. The molecule has 9 nitrogen and oxygen atoms in total. The van der Waals surface area contributed by atoms with Crippen LogP contribution in [-0.4, -0.2) is 34.5 Å². The highest BCUT2D eigenvalue weighted by Crippen LogP contribution is 2.45. The van der Waals surface area contributed by atoms with Crippen molar-refractivity contribution in [2.75, 3.05) is 24.1 Å². The molecule has 222 valence electrons. The fraction of sp³-hybridized carbons (Fsp3) is 0.303. The first kappa shape index (κ1) is 28.5. The van der Waals surface area contributed by atoms with E-state index < -0.39 is 5.41 Å². The summed E-state index contributed by atoms with van der Waals surface area (Å²) >= 11 is 5.98. The molecule has 0 aliphatic carbocycles. The molecular formula is C33H35N5O4S. The molecule has 2 aromatic heterocycles. The average Bonchev–Trinajstić information content (AvgIpc) is 3.67. The molecule has 6 rings (SSSR count). The van der Waals surface area contributed by atoms with E-state index in [1.807, 2.05) is 75.4 Å². The number of ether oxygens (including phenoxy) is 3. The first-order chi connectivity index (χ1) is 20.6. The van der Waals surface area contributed by atoms with Crippen LogP contribution in [0.2, 0.25) is 0 Å². The van der Waals surface area contributed by atoms with Gasteiger partial charge in [0.1, 0.15) is 5.75 Å². The van der Waals surface area contributed by atoms with Crippen LogP contribution >= 0.6 is 12.2 Å². The summed E-state index contributed by atoms with van der Waals surface area (Å²) in [6.45, 7) is 10.1. The summed E-state index contributed by atoms with van der Waals surface area (Å²) < 4.78 is 19.2. The highest BCUT2D eigenvalue weighted by Gasteiger charge is 2.42. The van der Waals surface area contributed by atoms with E-state index in [0.717, 1.165) is 45.5 Å². The van der Waals surface area contributed by atoms with Crippen molar-refractivity contribution in [2.24, 2.45) is 5.41 Å². The Morgan fingerprint density at radius 1 is 1.05 bits per heavy atom. The van der Waals surface area contributed by atoms with Gasteiger partial charge in [-0.1, -0.05) is 26.8 Å². The van der Waals surface area contributed by atoms with E-state index in [9.17, 15) is 4.79 Å². The van der Waals surface area contributed by atoms with Crippen LogP contribution in [0.15, 0.2) is 66.9 Å². The Bertz CT molecular complexity index is 1710. The molecule has 2 aliphatic rings. The first-order valence-corrected chi connectivity index (χ1v) is 14.6. The number of amides is 1. The van der Waals surface area contributed by atoms with Gasteiger partial charge < -0.3 is 34.3 Å². The normalized spacial score (nSPS) is 17.6. The molecule has 2 aromatic carbocycles. The quantitative estimate of drug-likeness (QED) is 0.247. The maximum Gasteiger partial charge on any atom is 0.231 e. The maximum atomic E-state index is 12.8. The predicted octanol–water partition coefficient (Wildman–Crippen LogP) is 6.39. The Morgan fingerprint density at radius 3 is 2.53 bits per heavy atom. The summed E-state index contributed by atoms with van der Waals surface area (Å²) in [7, 11) is 1.60. The number of hydrogen-bond donors (Lipinski definition) is 2. The predicted molar refractivity (Wildman–Crippen MR) is 170 cm³/mol. The number of aryl methyl sites for hydroxylation is 1. The van der Waals surface area contributed by atoms with Gasteiger partial charge in [0, 0.05) is 46.5 Å². The molecule has 4 heterocycles. The van der Waals surface area contributed by atoms with Crippen molar-refractivity contribution < 1.29 is 19.0 Å². The summed E-state index contributed by atoms with van der Waals surface area (Å²) in [6.07, 6.45) is 1.80. The van der Waals surface area contributed by atoms with Gasteiger partial charge in [-0.3, -0.25) is 9.78 Å². The van der Waals surface area contributed by atoms with Crippen molar-refractivity contribution in [3.05, 3.63) is 89.5 Å². The smallest absolute Gasteiger partial charge is 0.231 e. The van der Waals surface area contributed by atoms with Gasteiger partial charge in [0.25, 0.3) is 0 Å². The zero-order valence-corrected chi connectivity index (χ0v) is 25.9. The fourth-order valence-electron chi connectivity index (χ4n) is 5.70. The summed E-state index contributed by atoms with van der Waals surface area (Å²) in [4.78, 5) is 19.6. The zero-order valence-electron chi connectivity index (χ0n) is 25.1. The number of nitrogens with zero attached hydrogens (tertiary/aromatic N) is 3. The lowest BCUT2D eigenvalue weighted by Gasteiger charge is -2.29. The van der Waals surface area contributed by atoms with Crippen LogP contribution in [0.25, 0.3) is 5.69 Å². The van der Waals surface area contributed by atoms with Gasteiger partial charge in [-0.2, -0.15) is 0 Å². The first-order valence-electron chi connectivity index (χ1n) is 14.2. The van der Waals surface area contributed by atoms with Gasteiger partial charge in [0.15, 0.2) is 16.6 Å². The third-order valence-corrected chi connectivity index (χ3v) is 8.21. The minimum atomic E-state index is -0.550. The van der Waals surface area contributed by atoms with E-state index in [0.29, 0.717) is 16.5 Å². The number of rotatable bonds is 6. The molecule has 2 atom stereocenters. The molecule has 1 saturated heterocycles. The molecule has 2 aliphatic heterocycles. The third kappa shape index (κ3) is 5.16. The minimum Gasteiger partial charge on any atom is -0.494 e. The van der Waals surface area contributed by atoms with Crippen molar-refractivity contribution in [2.45, 2.75) is 46.7 Å². The summed E-state index contributed by atoms with van der Waals surface area (Å²) in [5.74, 6) is 1.92. The van der Waals surface area contributed by atoms with Crippen LogP contribution in [0.5, 0.6) is 17.2 Å². The number of hydrogen-bond acceptors (Lipinski definition) is 6. The monoisotopic (exact) mass is 597 g/mol. The van der Waals surface area contributed by atoms with Gasteiger partial charge in [-0.05, 0) is 74.1 Å². The SMILES string of the molecule is COc1cc(N2C(=S)N[C@@H](c3ccccn3)[C@H]2c2cc(C)n(-c3ccc4c(c3)OCO4)c2C)ccc1NC(=O)C(C)(C)C. The highest BCUT2D eigenvalue weighted by molar-refractivity contribution is 7.80. The second-order valence-electron chi connectivity index (χ2n) is 11.8. The molecular weight excluding hydrogens is 562 g/mol. The fourth-order valence-corrected chi connectivity index (χ4v) is 6.05. The number of anilines is 2. The van der Waals surface area contributed by atoms with Crippen molar-refractivity contribution in [1.82, 2.24) is 14.9 Å². The lowest BCUT2D eigenvalue weighted by molar-refractivity contribution is -0.123. The average molecular weight is 598 g/mol. The molecule has 43 heavy (non-hydrogen) atoms. The number of carbonyl (C=O) groups is 1. The summed E-state index contributed by atoms with van der Waals surface area (Å²) in [5.41, 5.74) is 5.99. The van der Waals surface area contributed by atoms with E-state index in [2.05, 4.69) is 40.0 Å². The van der Waals surface area contributed by atoms with Gasteiger partial charge in [0.05, 0.1) is 30.6 Å². The molecule has 0 bridgehead atoms. The van der Waals surface area contributed by atoms with E-state index >= 15 is 0 Å². The molecule has 0 radical (unpaired) electrons. The van der Waals surface area contributed by atoms with Gasteiger partial charge in [0.2, 0.25) is 12.7 Å². The van der Waals surface area contributed by atoms with E-state index in [1.54, 1.807) is 13.3 Å². The Labute approximate surface area is 256 Å². The number of thiocarbonyl (C=S) groups is 1. The lowest BCUT2D eigenvalue weighted by atomic mass is 9.95. The van der Waals surface area contributed by atoms with Crippen molar-refractivity contribution in [3.63, 3.8) is 0 Å². The lowest BCUT2D eigenvalue weighted by Crippen LogP contribution is -2.30. The van der Waals surface area contributed by atoms with Gasteiger partial charge in [-0.15, -0.1) is 0 Å². The molecule has 4 aromatic rings. The molecule has 10 heteroatoms. The molecule has 0 spiro atoms. The van der Waals surface area contributed by atoms with Crippen LogP contribution in [0.3, 0.4) is 0 Å². The Balaban J connectivity index is 1.45. The van der Waals surface area contributed by atoms with Crippen molar-refractivity contribution in [1.29, 1.82) is 0 Å². The molecule has 1 fully saturated rings. The van der Waals surface area contributed by atoms with Crippen LogP contribution < -0.4 is 29.7 Å². The number of fused-ring (bicyclic) bond motifs is 1. The minimum absolute atomic E-state index is 0.0963. The van der Waals surface area contributed by atoms with E-state index in [1.165, 1.54) is 0 Å². The Hall–Kier alpha value is -4.57. The van der Waals surface area contributed by atoms with Crippen molar-refractivity contribution in [3.8, 4) is 22.9 Å². The van der Waals surface area contributed by atoms with Gasteiger partial charge >= 0.3 is 0 Å². The number of methoxy groups -OCH3 is 1. The Morgan fingerprint density at radius 2 is 1.81 bits per heavy atom. The molecule has 0 unspecified atom stereocenters. The van der Waals surface area contributed by atoms with Crippen molar-refractivity contribution >= 4 is 34.6 Å². The summed E-state index contributed by atoms with van der Waals surface area (Å²) in [6, 6.07) is 19.4. The van der Waals surface area contributed by atoms with Crippen LogP contribution in [-0.2, 0) is 4.79 Å². The molecule has 1 amide bonds. The second kappa shape index (κ2) is 10.9. The van der Waals surface area contributed by atoms with E-state index in [4.69, 9.17) is 31.4 Å². The summed E-state index contributed by atoms with van der Waals surface area (Å²) in [5, 5.41) is 7.11. The Kier molecular flexibility index (Phi) is 7.25. The number of nitrogens with one attached hydrogen (secondary N) is 2. The number of aromatic nitrogens is 2. The second-order valence-corrected chi connectivity index (χ2v) is 12.2. The van der Waals surface area contributed by atoms with Crippen LogP contribution in [0, 0.1) is 19.3 Å². The van der Waals surface area contributed by atoms with Gasteiger partial charge in [-0.25, -0.2) is 0 Å². The number of carbonyl (C=O) groups excluding carboxylic acids is 1. The van der Waals surface area contributed by atoms with E-state index in [-0.39, 0.29) is 24.8 Å². The number of pyridine rings is 1. The molecule has 0 saturated carbocycles. The molecule has 2 N–H and O–H groups in total. The third-order valence-electron chi connectivity index (χ3n) is 7.89. The van der Waals surface area contributed by atoms with Crippen LogP contribution in [0.1, 0.15) is 55.5 Å². The maximum absolute atomic E-state index is 12.8. The standard InChI is InChI=1S/C33H35N5O4S/c1-19-15-23(20(2)37(19)21-11-13-26-28(17-21)42-18-41-26)30-29(25-9-7-8-14-34-25)36-32(43)38(30)22-10-12-24(27(16-22)40-6)35-31(39)33(3,4)5/h7-17,29-30H,18H2,1-6H3,(H,35,39)(H,36,43)/t29-,30+/m0/s1. The van der Waals surface area contributed by atoms with Crippen LogP contribution in [0.4, 0.5) is 11.4 Å².